The molecule has 0 saturated carbocycles. The van der Waals surface area contributed by atoms with Crippen LogP contribution in [-0.2, 0) is 9.53 Å². The number of nitrogens with zero attached hydrogens (tertiary/aromatic N) is 3. The molecule has 0 unspecified atom stereocenters. The van der Waals surface area contributed by atoms with Crippen molar-refractivity contribution >= 4 is 30.7 Å². The van der Waals surface area contributed by atoms with Crippen molar-refractivity contribution in [3.63, 3.8) is 0 Å². The standard InChI is InChI=1S/C18H24N4O3/c1-6-20-12-22(19-4)14-8-7-13(9-15(14)24-5)10-16-17(23)21-11-18(2,3)25-16/h7-10,12H,4,6,11H2,1-3,5H3,(H,21,23)/b16-10-,20-12?. The zero-order chi connectivity index (χ0) is 18.4. The molecular formula is C18H24N4O3. The van der Waals surface area contributed by atoms with Crippen molar-refractivity contribution in [1.29, 1.82) is 0 Å². The molecule has 7 nitrogen and oxygen atoms in total. The first kappa shape index (κ1) is 18.5. The Kier molecular flexibility index (Phi) is 5.80. The van der Waals surface area contributed by atoms with Crippen LogP contribution < -0.4 is 15.1 Å². The Morgan fingerprint density at radius 1 is 1.48 bits per heavy atom. The van der Waals surface area contributed by atoms with Gasteiger partial charge in [-0.1, -0.05) is 6.07 Å². The van der Waals surface area contributed by atoms with E-state index in [2.05, 4.69) is 22.1 Å². The summed E-state index contributed by atoms with van der Waals surface area (Å²) in [5.74, 6) is 0.629. The molecule has 0 aromatic heterocycles. The minimum absolute atomic E-state index is 0.230. The fourth-order valence-corrected chi connectivity index (χ4v) is 2.31. The number of hydrazone groups is 1. The summed E-state index contributed by atoms with van der Waals surface area (Å²) in [5.41, 5.74) is 1.04. The van der Waals surface area contributed by atoms with Crippen molar-refractivity contribution in [3.8, 4) is 5.75 Å². The van der Waals surface area contributed by atoms with Gasteiger partial charge in [0.15, 0.2) is 5.76 Å². The van der Waals surface area contributed by atoms with E-state index in [1.807, 2.05) is 32.9 Å². The van der Waals surface area contributed by atoms with E-state index < -0.39 is 5.60 Å². The number of amides is 1. The monoisotopic (exact) mass is 344 g/mol. The molecule has 0 radical (unpaired) electrons. The average Bonchev–Trinajstić information content (AvgIpc) is 2.59. The molecule has 1 saturated heterocycles. The smallest absolute Gasteiger partial charge is 0.286 e. The number of carbonyl (C=O) groups is 1. The molecule has 1 fully saturated rings. The summed E-state index contributed by atoms with van der Waals surface area (Å²) >= 11 is 0. The minimum atomic E-state index is -0.441. The molecule has 0 atom stereocenters. The SMILES string of the molecule is C=NN(C=NCC)c1ccc(/C=C2\OC(C)(C)CNC2=O)cc1OC. The summed E-state index contributed by atoms with van der Waals surface area (Å²) in [7, 11) is 1.57. The Labute approximate surface area is 148 Å². The van der Waals surface area contributed by atoms with Crippen LogP contribution in [0.5, 0.6) is 5.75 Å². The lowest BCUT2D eigenvalue weighted by molar-refractivity contribution is -0.129. The van der Waals surface area contributed by atoms with Crippen molar-refractivity contribution in [3.05, 3.63) is 29.5 Å². The lowest BCUT2D eigenvalue weighted by atomic mass is 10.1. The number of ether oxygens (including phenoxy) is 2. The molecule has 0 bridgehead atoms. The van der Waals surface area contributed by atoms with Crippen molar-refractivity contribution in [1.82, 2.24) is 5.32 Å². The summed E-state index contributed by atoms with van der Waals surface area (Å²) in [6, 6.07) is 5.48. The quantitative estimate of drug-likeness (QED) is 0.372. The Morgan fingerprint density at radius 3 is 2.88 bits per heavy atom. The van der Waals surface area contributed by atoms with E-state index >= 15 is 0 Å². The van der Waals surface area contributed by atoms with Gasteiger partial charge in [0.25, 0.3) is 5.91 Å². The topological polar surface area (TPSA) is 75.5 Å². The first-order valence-electron chi connectivity index (χ1n) is 8.03. The van der Waals surface area contributed by atoms with E-state index in [0.29, 0.717) is 24.5 Å². The van der Waals surface area contributed by atoms with Gasteiger partial charge >= 0.3 is 0 Å². The van der Waals surface area contributed by atoms with Crippen LogP contribution in [0.3, 0.4) is 0 Å². The van der Waals surface area contributed by atoms with Crippen LogP contribution in [0, 0.1) is 0 Å². The lowest BCUT2D eigenvalue weighted by Gasteiger charge is -2.32. The van der Waals surface area contributed by atoms with Gasteiger partial charge in [-0.25, -0.2) is 5.01 Å². The van der Waals surface area contributed by atoms with E-state index in [1.54, 1.807) is 25.6 Å². The highest BCUT2D eigenvalue weighted by atomic mass is 16.5. The van der Waals surface area contributed by atoms with E-state index in [1.165, 1.54) is 5.01 Å². The van der Waals surface area contributed by atoms with Gasteiger partial charge in [-0.3, -0.25) is 9.79 Å². The molecule has 1 aromatic carbocycles. The van der Waals surface area contributed by atoms with E-state index in [4.69, 9.17) is 9.47 Å². The molecule has 134 valence electrons. The van der Waals surface area contributed by atoms with E-state index in [-0.39, 0.29) is 11.7 Å². The van der Waals surface area contributed by atoms with Gasteiger partial charge < -0.3 is 14.8 Å². The van der Waals surface area contributed by atoms with Gasteiger partial charge in [0.2, 0.25) is 0 Å². The number of benzene rings is 1. The number of hydrogen-bond acceptors (Lipinski definition) is 5. The zero-order valence-corrected chi connectivity index (χ0v) is 15.1. The highest BCUT2D eigenvalue weighted by molar-refractivity contribution is 5.96. The Hall–Kier alpha value is -2.83. The van der Waals surface area contributed by atoms with Crippen LogP contribution in [-0.4, -0.2) is 44.8 Å². The van der Waals surface area contributed by atoms with Gasteiger partial charge in [0.05, 0.1) is 13.7 Å². The van der Waals surface area contributed by atoms with E-state index in [9.17, 15) is 4.79 Å². The maximum Gasteiger partial charge on any atom is 0.286 e. The Morgan fingerprint density at radius 2 is 2.24 bits per heavy atom. The van der Waals surface area contributed by atoms with Crippen LogP contribution in [0.15, 0.2) is 34.1 Å². The minimum Gasteiger partial charge on any atom is -0.494 e. The molecule has 1 aromatic rings. The maximum atomic E-state index is 12.0. The number of rotatable bonds is 6. The molecule has 1 heterocycles. The summed E-state index contributed by atoms with van der Waals surface area (Å²) in [6.45, 7) is 10.4. The fraction of sp³-hybridized carbons (Fsp3) is 0.389. The number of anilines is 1. The van der Waals surface area contributed by atoms with Crippen molar-refractivity contribution in [2.24, 2.45) is 10.1 Å². The third-order valence-corrected chi connectivity index (χ3v) is 3.56. The predicted octanol–water partition coefficient (Wildman–Crippen LogP) is 2.43. The van der Waals surface area contributed by atoms with Gasteiger partial charge in [-0.2, -0.15) is 5.10 Å². The molecule has 1 aliphatic heterocycles. The van der Waals surface area contributed by atoms with Crippen LogP contribution in [0.2, 0.25) is 0 Å². The fourth-order valence-electron chi connectivity index (χ4n) is 2.31. The number of morpholine rings is 1. The predicted molar refractivity (Wildman–Crippen MR) is 100 cm³/mol. The van der Waals surface area contributed by atoms with Crippen LogP contribution in [0.1, 0.15) is 26.3 Å². The normalized spacial score (nSPS) is 17.9. The molecule has 0 spiro atoms. The highest BCUT2D eigenvalue weighted by Gasteiger charge is 2.30. The van der Waals surface area contributed by atoms with Gasteiger partial charge in [-0.05, 0) is 44.5 Å². The van der Waals surface area contributed by atoms with Crippen molar-refractivity contribution in [2.75, 3.05) is 25.2 Å². The third-order valence-electron chi connectivity index (χ3n) is 3.56. The van der Waals surface area contributed by atoms with E-state index in [0.717, 1.165) is 5.56 Å². The zero-order valence-electron chi connectivity index (χ0n) is 15.1. The summed E-state index contributed by atoms with van der Waals surface area (Å²) in [4.78, 5) is 16.2. The molecule has 1 aliphatic rings. The molecule has 1 N–H and O–H groups in total. The third kappa shape index (κ3) is 4.59. The largest absolute Gasteiger partial charge is 0.494 e. The average molecular weight is 344 g/mol. The van der Waals surface area contributed by atoms with Gasteiger partial charge in [-0.15, -0.1) is 0 Å². The second kappa shape index (κ2) is 7.83. The van der Waals surface area contributed by atoms with Crippen LogP contribution >= 0.6 is 0 Å². The number of methoxy groups -OCH3 is 1. The molecule has 7 heteroatoms. The molecule has 2 rings (SSSR count). The Bertz CT molecular complexity index is 710. The number of carbonyl (C=O) groups excluding carboxylic acids is 1. The maximum absolute atomic E-state index is 12.0. The number of aliphatic imine (C=N–C) groups is 1. The van der Waals surface area contributed by atoms with Crippen LogP contribution in [0.25, 0.3) is 6.08 Å². The lowest BCUT2D eigenvalue weighted by Crippen LogP contribution is -2.47. The Balaban J connectivity index is 2.35. The molecular weight excluding hydrogens is 320 g/mol. The molecule has 0 aliphatic carbocycles. The highest BCUT2D eigenvalue weighted by Crippen LogP contribution is 2.30. The summed E-state index contributed by atoms with van der Waals surface area (Å²) in [5, 5.41) is 8.29. The second-order valence-corrected chi connectivity index (χ2v) is 6.08. The first-order valence-corrected chi connectivity index (χ1v) is 8.03. The van der Waals surface area contributed by atoms with Crippen LogP contribution in [0.4, 0.5) is 5.69 Å². The van der Waals surface area contributed by atoms with Crippen molar-refractivity contribution in [2.45, 2.75) is 26.4 Å². The second-order valence-electron chi connectivity index (χ2n) is 6.08. The van der Waals surface area contributed by atoms with Gasteiger partial charge in [0.1, 0.15) is 23.4 Å². The number of nitrogens with one attached hydrogen (secondary N) is 1. The van der Waals surface area contributed by atoms with Crippen molar-refractivity contribution < 1.29 is 14.3 Å². The molecule has 1 amide bonds. The van der Waals surface area contributed by atoms with Gasteiger partial charge in [0, 0.05) is 13.3 Å². The summed E-state index contributed by atoms with van der Waals surface area (Å²) in [6.07, 6.45) is 3.28. The first-order chi connectivity index (χ1) is 11.9. The summed E-state index contributed by atoms with van der Waals surface area (Å²) < 4.78 is 11.2. The number of hydrogen-bond donors (Lipinski definition) is 1. The molecule has 25 heavy (non-hydrogen) atoms.